The van der Waals surface area contributed by atoms with Gasteiger partial charge in [-0.1, -0.05) is 13.8 Å². The Labute approximate surface area is 166 Å². The van der Waals surface area contributed by atoms with Crippen molar-refractivity contribution in [1.82, 2.24) is 0 Å². The van der Waals surface area contributed by atoms with Crippen molar-refractivity contribution in [2.24, 2.45) is 28.6 Å². The van der Waals surface area contributed by atoms with Gasteiger partial charge in [0.1, 0.15) is 6.10 Å². The number of epoxide rings is 1. The van der Waals surface area contributed by atoms with Gasteiger partial charge in [0.05, 0.1) is 6.10 Å². The molecule has 8 atom stereocenters. The molecular formula is C23H30O5. The lowest BCUT2D eigenvalue weighted by Crippen LogP contribution is -2.59. The number of fused-ring (bicyclic) bond motifs is 8. The molecule has 5 heteroatoms. The van der Waals surface area contributed by atoms with Gasteiger partial charge in [-0.15, -0.1) is 0 Å². The third-order valence-electron chi connectivity index (χ3n) is 9.24. The van der Waals surface area contributed by atoms with Crippen LogP contribution in [0.5, 0.6) is 0 Å². The van der Waals surface area contributed by atoms with Crippen molar-refractivity contribution in [1.29, 1.82) is 0 Å². The number of hydrogen-bond acceptors (Lipinski definition) is 5. The van der Waals surface area contributed by atoms with E-state index in [-0.39, 0.29) is 40.6 Å². The number of ether oxygens (including phenoxy) is 2. The first-order valence-corrected chi connectivity index (χ1v) is 10.7. The van der Waals surface area contributed by atoms with E-state index >= 15 is 0 Å². The predicted molar refractivity (Wildman–Crippen MR) is 101 cm³/mol. The van der Waals surface area contributed by atoms with Crippen LogP contribution in [0.15, 0.2) is 11.6 Å². The maximum atomic E-state index is 12.8. The molecule has 1 aliphatic heterocycles. The molecule has 0 aromatic rings. The van der Waals surface area contributed by atoms with Gasteiger partial charge in [-0.05, 0) is 73.8 Å². The minimum atomic E-state index is -1.00. The van der Waals surface area contributed by atoms with Crippen LogP contribution in [0.3, 0.4) is 0 Å². The Kier molecular flexibility index (Phi) is 3.68. The maximum Gasteiger partial charge on any atom is 0.303 e. The summed E-state index contributed by atoms with van der Waals surface area (Å²) in [5.74, 6) is 0.981. The van der Waals surface area contributed by atoms with Gasteiger partial charge in [-0.2, -0.15) is 0 Å². The number of esters is 1. The third kappa shape index (κ3) is 2.09. The second-order valence-corrected chi connectivity index (χ2v) is 10.3. The van der Waals surface area contributed by atoms with Crippen molar-refractivity contribution in [2.45, 2.75) is 84.0 Å². The number of Topliss-reactive ketones (excluding diaryl/α,β-unsaturated/α-hetero) is 1. The highest BCUT2D eigenvalue weighted by Crippen LogP contribution is 2.71. The Balaban J connectivity index is 1.55. The fourth-order valence-corrected chi connectivity index (χ4v) is 7.87. The normalized spacial score (nSPS) is 51.2. The molecule has 3 saturated carbocycles. The van der Waals surface area contributed by atoms with E-state index in [1.807, 2.05) is 6.08 Å². The molecule has 0 amide bonds. The molecular weight excluding hydrogens is 356 g/mol. The molecule has 152 valence electrons. The molecule has 0 spiro atoms. The second-order valence-electron chi connectivity index (χ2n) is 10.3. The topological polar surface area (TPSA) is 73.0 Å². The SMILES string of the molecule is CC(=O)O[C@]1(C(C)=O)CC[C@H]2[C@@H]3C4OC4C4=CC(=O)CC[C@]4(C)[C@H]3CC[C@@]21C. The zero-order valence-corrected chi connectivity index (χ0v) is 17.2. The average molecular weight is 386 g/mol. The highest BCUT2D eigenvalue weighted by molar-refractivity contribution is 5.92. The number of carbonyl (C=O) groups is 3. The predicted octanol–water partition coefficient (Wildman–Crippen LogP) is 3.40. The van der Waals surface area contributed by atoms with Crippen LogP contribution >= 0.6 is 0 Å². The van der Waals surface area contributed by atoms with Crippen LogP contribution in [0.4, 0.5) is 0 Å². The van der Waals surface area contributed by atoms with Crippen LogP contribution in [-0.2, 0) is 23.9 Å². The first-order valence-electron chi connectivity index (χ1n) is 10.7. The summed E-state index contributed by atoms with van der Waals surface area (Å²) in [7, 11) is 0. The largest absolute Gasteiger partial charge is 0.451 e. The summed E-state index contributed by atoms with van der Waals surface area (Å²) >= 11 is 0. The van der Waals surface area contributed by atoms with Crippen molar-refractivity contribution in [3.8, 4) is 0 Å². The minimum absolute atomic E-state index is 0.0144. The quantitative estimate of drug-likeness (QED) is 0.537. The Morgan fingerprint density at radius 1 is 1.11 bits per heavy atom. The smallest absolute Gasteiger partial charge is 0.303 e. The van der Waals surface area contributed by atoms with Gasteiger partial charge in [0.15, 0.2) is 17.2 Å². The molecule has 0 aromatic carbocycles. The van der Waals surface area contributed by atoms with Crippen molar-refractivity contribution < 1.29 is 23.9 Å². The van der Waals surface area contributed by atoms with E-state index in [4.69, 9.17) is 9.47 Å². The minimum Gasteiger partial charge on any atom is -0.451 e. The van der Waals surface area contributed by atoms with Crippen LogP contribution in [0, 0.1) is 28.6 Å². The summed E-state index contributed by atoms with van der Waals surface area (Å²) in [6.45, 7) is 7.48. The molecule has 0 aromatic heterocycles. The fraction of sp³-hybridized carbons (Fsp3) is 0.783. The molecule has 1 heterocycles. The summed E-state index contributed by atoms with van der Waals surface area (Å²) in [6, 6.07) is 0. The second kappa shape index (κ2) is 5.56. The van der Waals surface area contributed by atoms with Crippen molar-refractivity contribution in [3.63, 3.8) is 0 Å². The molecule has 4 aliphatic carbocycles. The standard InChI is InChI=1S/C23H30O5/c1-12(24)23(28-13(2)25)10-7-16-18-15(6-9-22(16,23)4)21(3)8-5-14(26)11-17(21)19-20(18)27-19/h11,15-16,18-20H,5-10H2,1-4H3/t15-,16-,18+,19?,20?,21+,22-,23-/m0/s1. The highest BCUT2D eigenvalue weighted by atomic mass is 16.6. The third-order valence-corrected chi connectivity index (χ3v) is 9.24. The zero-order valence-electron chi connectivity index (χ0n) is 17.2. The summed E-state index contributed by atoms with van der Waals surface area (Å²) in [6.07, 6.45) is 6.98. The van der Waals surface area contributed by atoms with Crippen molar-refractivity contribution >= 4 is 17.5 Å². The highest BCUT2D eigenvalue weighted by Gasteiger charge is 2.73. The van der Waals surface area contributed by atoms with Crippen LogP contribution in [0.25, 0.3) is 0 Å². The molecule has 5 nitrogen and oxygen atoms in total. The molecule has 0 bridgehead atoms. The van der Waals surface area contributed by atoms with Crippen LogP contribution in [0.1, 0.15) is 66.2 Å². The first kappa shape index (κ1) is 18.5. The molecule has 0 N–H and O–H groups in total. The number of rotatable bonds is 2. The van der Waals surface area contributed by atoms with Crippen LogP contribution < -0.4 is 0 Å². The summed E-state index contributed by atoms with van der Waals surface area (Å²) < 4.78 is 12.0. The van der Waals surface area contributed by atoms with Gasteiger partial charge < -0.3 is 9.47 Å². The molecule has 5 rings (SSSR count). The number of carbonyl (C=O) groups excluding carboxylic acids is 3. The van der Waals surface area contributed by atoms with Gasteiger partial charge in [0.2, 0.25) is 0 Å². The lowest BCUT2D eigenvalue weighted by atomic mass is 9.46. The Morgan fingerprint density at radius 3 is 2.50 bits per heavy atom. The van der Waals surface area contributed by atoms with Crippen LogP contribution in [0.2, 0.25) is 0 Å². The van der Waals surface area contributed by atoms with E-state index in [9.17, 15) is 14.4 Å². The number of hydrogen-bond donors (Lipinski definition) is 0. The van der Waals surface area contributed by atoms with Gasteiger partial charge in [-0.25, -0.2) is 0 Å². The van der Waals surface area contributed by atoms with E-state index in [2.05, 4.69) is 13.8 Å². The number of ketones is 2. The molecule has 2 unspecified atom stereocenters. The van der Waals surface area contributed by atoms with E-state index < -0.39 is 5.60 Å². The summed E-state index contributed by atoms with van der Waals surface area (Å²) in [5, 5.41) is 0. The monoisotopic (exact) mass is 386 g/mol. The van der Waals surface area contributed by atoms with E-state index in [0.29, 0.717) is 30.6 Å². The van der Waals surface area contributed by atoms with Crippen molar-refractivity contribution in [3.05, 3.63) is 11.6 Å². The van der Waals surface area contributed by atoms with E-state index in [0.717, 1.165) is 25.7 Å². The maximum absolute atomic E-state index is 12.8. The lowest BCUT2D eigenvalue weighted by molar-refractivity contribution is -0.187. The Hall–Kier alpha value is -1.49. The molecule has 4 fully saturated rings. The van der Waals surface area contributed by atoms with Gasteiger partial charge >= 0.3 is 5.97 Å². The van der Waals surface area contributed by atoms with Crippen molar-refractivity contribution in [2.75, 3.05) is 0 Å². The molecule has 1 saturated heterocycles. The van der Waals surface area contributed by atoms with Gasteiger partial charge in [-0.3, -0.25) is 14.4 Å². The zero-order chi connectivity index (χ0) is 20.1. The van der Waals surface area contributed by atoms with Gasteiger partial charge in [0, 0.05) is 18.8 Å². The molecule has 0 radical (unpaired) electrons. The Bertz CT molecular complexity index is 814. The lowest BCUT2D eigenvalue weighted by Gasteiger charge is -2.57. The van der Waals surface area contributed by atoms with Gasteiger partial charge in [0.25, 0.3) is 0 Å². The summed E-state index contributed by atoms with van der Waals surface area (Å²) in [4.78, 5) is 36.8. The molecule has 28 heavy (non-hydrogen) atoms. The van der Waals surface area contributed by atoms with E-state index in [1.54, 1.807) is 6.92 Å². The summed E-state index contributed by atoms with van der Waals surface area (Å²) in [5.41, 5.74) is -0.113. The first-order chi connectivity index (χ1) is 13.1. The average Bonchev–Trinajstić information content (AvgIpc) is 3.35. The Morgan fingerprint density at radius 2 is 1.82 bits per heavy atom. The van der Waals surface area contributed by atoms with E-state index in [1.165, 1.54) is 12.5 Å². The fourth-order valence-electron chi connectivity index (χ4n) is 7.87. The molecule has 5 aliphatic rings. The van der Waals surface area contributed by atoms with Crippen LogP contribution in [-0.4, -0.2) is 35.3 Å².